The molecule has 6 nitrogen and oxygen atoms in total. The van der Waals surface area contributed by atoms with Gasteiger partial charge in [0.2, 0.25) is 0 Å². The predicted octanol–water partition coefficient (Wildman–Crippen LogP) is -0.0223. The van der Waals surface area contributed by atoms with Gasteiger partial charge in [0.15, 0.2) is 0 Å². The molecule has 2 heterocycles. The quantitative estimate of drug-likeness (QED) is 0.566. The number of nitrogens with one attached hydrogen (secondary N) is 1. The van der Waals surface area contributed by atoms with Gasteiger partial charge in [-0.05, 0) is 0 Å². The number of quaternary nitrogens is 1. The van der Waals surface area contributed by atoms with Crippen LogP contribution in [0.3, 0.4) is 0 Å². The molecule has 86 valence electrons. The van der Waals surface area contributed by atoms with Crippen molar-refractivity contribution in [2.45, 2.75) is 12.8 Å². The van der Waals surface area contributed by atoms with Crippen LogP contribution in [0, 0.1) is 10.1 Å². The number of nitrogens with zero attached hydrogens (tertiary/aromatic N) is 3. The molecule has 0 aromatic carbocycles. The molecule has 1 saturated heterocycles. The molecule has 1 atom stereocenters. The van der Waals surface area contributed by atoms with Crippen molar-refractivity contribution < 1.29 is 9.82 Å². The Morgan fingerprint density at radius 2 is 2.44 bits per heavy atom. The van der Waals surface area contributed by atoms with Crippen LogP contribution in [-0.2, 0) is 7.05 Å². The third-order valence-corrected chi connectivity index (χ3v) is 3.02. The second-order valence-corrected chi connectivity index (χ2v) is 4.10. The molecule has 0 bridgehead atoms. The van der Waals surface area contributed by atoms with Gasteiger partial charge in [0, 0.05) is 26.0 Å². The van der Waals surface area contributed by atoms with Crippen molar-refractivity contribution in [2.75, 3.05) is 13.6 Å². The van der Waals surface area contributed by atoms with Crippen LogP contribution in [0.25, 0.3) is 6.08 Å². The lowest BCUT2D eigenvalue weighted by molar-refractivity contribution is -0.827. The predicted molar refractivity (Wildman–Crippen MR) is 58.8 cm³/mol. The fourth-order valence-electron chi connectivity index (χ4n) is 2.02. The normalized spacial score (nSPS) is 22.9. The zero-order valence-electron chi connectivity index (χ0n) is 9.43. The van der Waals surface area contributed by atoms with E-state index in [1.165, 1.54) is 16.8 Å². The van der Waals surface area contributed by atoms with E-state index in [-0.39, 0.29) is 10.6 Å². The van der Waals surface area contributed by atoms with E-state index < -0.39 is 0 Å². The van der Waals surface area contributed by atoms with Gasteiger partial charge in [-0.3, -0.25) is 14.8 Å². The smallest absolute Gasteiger partial charge is 0.308 e. The highest BCUT2D eigenvalue weighted by atomic mass is 16.6. The Balaban J connectivity index is 2.40. The van der Waals surface area contributed by atoms with Gasteiger partial charge in [-0.1, -0.05) is 0 Å². The maximum Gasteiger partial charge on any atom is 0.314 e. The first-order valence-corrected chi connectivity index (χ1v) is 5.29. The highest BCUT2D eigenvalue weighted by Gasteiger charge is 2.23. The largest absolute Gasteiger partial charge is 0.314 e. The molecule has 0 radical (unpaired) electrons. The summed E-state index contributed by atoms with van der Waals surface area (Å²) in [7, 11) is 3.81. The van der Waals surface area contributed by atoms with E-state index in [9.17, 15) is 10.1 Å². The molecule has 1 aromatic heterocycles. The van der Waals surface area contributed by atoms with E-state index >= 15 is 0 Å². The number of rotatable bonds is 2. The van der Waals surface area contributed by atoms with Crippen molar-refractivity contribution in [1.82, 2.24) is 9.78 Å². The lowest BCUT2D eigenvalue weighted by Gasteiger charge is -2.05. The summed E-state index contributed by atoms with van der Waals surface area (Å²) in [5.74, 6) is 0. The fourth-order valence-corrected chi connectivity index (χ4v) is 2.02. The molecule has 0 spiro atoms. The molecule has 2 rings (SSSR count). The number of likely N-dealkylation sites (tertiary alicyclic amines) is 1. The number of aromatic nitrogens is 2. The van der Waals surface area contributed by atoms with Crippen molar-refractivity contribution in [2.24, 2.45) is 7.05 Å². The van der Waals surface area contributed by atoms with Crippen LogP contribution >= 0.6 is 0 Å². The highest BCUT2D eigenvalue weighted by molar-refractivity contribution is 5.57. The average molecular weight is 223 g/mol. The molecule has 1 aromatic rings. The van der Waals surface area contributed by atoms with Gasteiger partial charge in [-0.15, -0.1) is 0 Å². The van der Waals surface area contributed by atoms with Gasteiger partial charge in [-0.2, -0.15) is 5.10 Å². The topological polar surface area (TPSA) is 65.4 Å². The van der Waals surface area contributed by atoms with E-state index in [0.717, 1.165) is 19.4 Å². The van der Waals surface area contributed by atoms with Gasteiger partial charge >= 0.3 is 5.69 Å². The number of hydrogen-bond donors (Lipinski definition) is 1. The van der Waals surface area contributed by atoms with Crippen molar-refractivity contribution in [3.63, 3.8) is 0 Å². The van der Waals surface area contributed by atoms with Crippen LogP contribution in [0.4, 0.5) is 5.69 Å². The van der Waals surface area contributed by atoms with Crippen LogP contribution in [0.1, 0.15) is 18.5 Å². The molecule has 16 heavy (non-hydrogen) atoms. The number of hydrogen-bond acceptors (Lipinski definition) is 3. The van der Waals surface area contributed by atoms with Gasteiger partial charge < -0.3 is 4.90 Å². The van der Waals surface area contributed by atoms with Crippen LogP contribution in [0.15, 0.2) is 11.9 Å². The Labute approximate surface area is 93.3 Å². The Bertz CT molecular complexity index is 450. The maximum absolute atomic E-state index is 10.8. The van der Waals surface area contributed by atoms with Gasteiger partial charge in [0.1, 0.15) is 17.6 Å². The third kappa shape index (κ3) is 1.83. The van der Waals surface area contributed by atoms with E-state index in [1.54, 1.807) is 11.7 Å². The number of aryl methyl sites for hydroxylation is 1. The molecule has 1 unspecified atom stereocenters. The molecule has 1 fully saturated rings. The summed E-state index contributed by atoms with van der Waals surface area (Å²) >= 11 is 0. The first-order valence-electron chi connectivity index (χ1n) is 5.29. The Hall–Kier alpha value is -1.69. The molecule has 0 saturated carbocycles. The molecule has 0 amide bonds. The van der Waals surface area contributed by atoms with E-state index in [4.69, 9.17) is 0 Å². The summed E-state index contributed by atoms with van der Waals surface area (Å²) in [4.78, 5) is 11.8. The zero-order chi connectivity index (χ0) is 11.7. The lowest BCUT2D eigenvalue weighted by Crippen LogP contribution is -3.04. The molecule has 1 N–H and O–H groups in total. The van der Waals surface area contributed by atoms with E-state index in [2.05, 4.69) is 12.1 Å². The van der Waals surface area contributed by atoms with Gasteiger partial charge in [0.25, 0.3) is 0 Å². The highest BCUT2D eigenvalue weighted by Crippen LogP contribution is 2.20. The lowest BCUT2D eigenvalue weighted by atomic mass is 10.2. The minimum atomic E-state index is -0.385. The number of allylic oxidation sites excluding steroid dienone is 1. The second kappa shape index (κ2) is 4.05. The average Bonchev–Trinajstić information content (AvgIpc) is 2.76. The molecule has 6 heteroatoms. The minimum absolute atomic E-state index is 0.0784. The fraction of sp³-hybridized carbons (Fsp3) is 0.500. The third-order valence-electron chi connectivity index (χ3n) is 3.02. The van der Waals surface area contributed by atoms with Crippen LogP contribution < -0.4 is 4.90 Å². The summed E-state index contributed by atoms with van der Waals surface area (Å²) < 4.78 is 1.55. The van der Waals surface area contributed by atoms with E-state index in [0.29, 0.717) is 5.69 Å². The van der Waals surface area contributed by atoms with Gasteiger partial charge in [0.05, 0.1) is 18.5 Å². The molecular weight excluding hydrogens is 208 g/mol. The minimum Gasteiger partial charge on any atom is -0.308 e. The summed E-state index contributed by atoms with van der Waals surface area (Å²) in [6, 6.07) is 0. The SMILES string of the molecule is Cn1ncc([N+](=O)[O-])c1/C=C1\CCC[NH+]1C. The number of nitro groups is 1. The monoisotopic (exact) mass is 223 g/mol. The molecule has 1 aliphatic rings. The molecular formula is C10H15N4O2+. The van der Waals surface area contributed by atoms with E-state index in [1.807, 2.05) is 6.08 Å². The second-order valence-electron chi connectivity index (χ2n) is 4.10. The standard InChI is InChI=1S/C10H14N4O2/c1-12-5-3-4-8(12)6-9-10(14(15)16)7-11-13(9)2/h6-7H,3-5H2,1-2H3/p+1/b8-6+. The molecule has 1 aliphatic heterocycles. The van der Waals surface area contributed by atoms with Gasteiger partial charge in [-0.25, -0.2) is 0 Å². The van der Waals surface area contributed by atoms with Crippen molar-refractivity contribution >= 4 is 11.8 Å². The first kappa shape index (κ1) is 10.8. The Kier molecular flexibility index (Phi) is 2.74. The maximum atomic E-state index is 10.8. The van der Waals surface area contributed by atoms with Crippen molar-refractivity contribution in [1.29, 1.82) is 0 Å². The van der Waals surface area contributed by atoms with Crippen molar-refractivity contribution in [3.05, 3.63) is 27.7 Å². The summed E-state index contributed by atoms with van der Waals surface area (Å²) in [6.07, 6.45) is 5.35. The van der Waals surface area contributed by atoms with Crippen LogP contribution in [0.5, 0.6) is 0 Å². The van der Waals surface area contributed by atoms with Crippen LogP contribution in [0.2, 0.25) is 0 Å². The molecule has 0 aliphatic carbocycles. The Morgan fingerprint density at radius 3 is 3.00 bits per heavy atom. The summed E-state index contributed by atoms with van der Waals surface area (Å²) in [6.45, 7) is 1.09. The summed E-state index contributed by atoms with van der Waals surface area (Å²) in [5.41, 5.74) is 1.88. The first-order chi connectivity index (χ1) is 7.59. The van der Waals surface area contributed by atoms with Crippen molar-refractivity contribution in [3.8, 4) is 0 Å². The van der Waals surface area contributed by atoms with Crippen LogP contribution in [-0.4, -0.2) is 28.3 Å². The summed E-state index contributed by atoms with van der Waals surface area (Å²) in [5, 5.41) is 14.7. The zero-order valence-corrected chi connectivity index (χ0v) is 9.43. The Morgan fingerprint density at radius 1 is 1.69 bits per heavy atom.